The fraction of sp³-hybridized carbons (Fsp3) is 0.452. The summed E-state index contributed by atoms with van der Waals surface area (Å²) in [6, 6.07) is 11.1. The first-order valence-electron chi connectivity index (χ1n) is 14.2. The summed E-state index contributed by atoms with van der Waals surface area (Å²) in [5.41, 5.74) is 4.08. The number of anilines is 3. The van der Waals surface area contributed by atoms with E-state index >= 15 is 0 Å². The molecular formula is C31H33F2IN4O3. The number of aromatic nitrogens is 1. The van der Waals surface area contributed by atoms with Crippen LogP contribution in [0.1, 0.15) is 66.2 Å². The first-order chi connectivity index (χ1) is 19.7. The Hall–Kier alpha value is -3.02. The highest BCUT2D eigenvalue weighted by Gasteiger charge is 2.44. The summed E-state index contributed by atoms with van der Waals surface area (Å²) in [6.45, 7) is 4.16. The van der Waals surface area contributed by atoms with E-state index in [-0.39, 0.29) is 44.0 Å². The summed E-state index contributed by atoms with van der Waals surface area (Å²) in [5.74, 6) is -3.43. The molecule has 0 atom stereocenters. The minimum Gasteiger partial charge on any atom is -0.462 e. The summed E-state index contributed by atoms with van der Waals surface area (Å²) in [6.07, 6.45) is 5.86. The number of piperidine rings is 2. The number of nitrogens with zero attached hydrogens (tertiary/aromatic N) is 3. The quantitative estimate of drug-likeness (QED) is 0.227. The summed E-state index contributed by atoms with van der Waals surface area (Å²) in [4.78, 5) is 34.9. The molecule has 2 aliphatic heterocycles. The van der Waals surface area contributed by atoms with E-state index in [9.17, 15) is 18.4 Å². The summed E-state index contributed by atoms with van der Waals surface area (Å²) in [7, 11) is 0. The van der Waals surface area contributed by atoms with Crippen molar-refractivity contribution in [2.75, 3.05) is 47.9 Å². The first-order valence-corrected chi connectivity index (χ1v) is 15.3. The van der Waals surface area contributed by atoms with E-state index in [1.54, 1.807) is 25.1 Å². The van der Waals surface area contributed by atoms with Gasteiger partial charge in [-0.1, -0.05) is 0 Å². The molecular weight excluding hydrogens is 641 g/mol. The number of fused-ring (bicyclic) bond motifs is 1. The molecule has 1 amide bonds. The normalized spacial score (nSPS) is 19.3. The third kappa shape index (κ3) is 5.98. The maximum absolute atomic E-state index is 14.0. The third-order valence-corrected chi connectivity index (χ3v) is 9.36. The van der Waals surface area contributed by atoms with Crippen LogP contribution in [-0.4, -0.2) is 55.6 Å². The van der Waals surface area contributed by atoms with E-state index in [1.807, 2.05) is 17.0 Å². The monoisotopic (exact) mass is 674 g/mol. The second-order valence-corrected chi connectivity index (χ2v) is 12.7. The molecule has 7 nitrogen and oxygen atoms in total. The highest BCUT2D eigenvalue weighted by Crippen LogP contribution is 2.54. The van der Waals surface area contributed by atoms with Crippen molar-refractivity contribution in [2.45, 2.75) is 51.4 Å². The second-order valence-electron chi connectivity index (χ2n) is 11.5. The lowest BCUT2D eigenvalue weighted by Crippen LogP contribution is -2.39. The van der Waals surface area contributed by atoms with Crippen LogP contribution in [0.2, 0.25) is 0 Å². The average Bonchev–Trinajstić information content (AvgIpc) is 3.71. The lowest BCUT2D eigenvalue weighted by atomic mass is 9.93. The van der Waals surface area contributed by atoms with Crippen LogP contribution in [-0.2, 0) is 4.74 Å². The Morgan fingerprint density at radius 1 is 0.951 bits per heavy atom. The molecule has 1 spiro atoms. The number of carbonyl (C=O) groups excluding carboxylic acids is 2. The second kappa shape index (κ2) is 11.0. The predicted octanol–water partition coefficient (Wildman–Crippen LogP) is 6.88. The van der Waals surface area contributed by atoms with Gasteiger partial charge in [0, 0.05) is 59.9 Å². The Bertz CT molecular complexity index is 1490. The van der Waals surface area contributed by atoms with Gasteiger partial charge in [-0.15, -0.1) is 0 Å². The van der Waals surface area contributed by atoms with Gasteiger partial charge in [-0.05, 0) is 97.0 Å². The molecule has 41 heavy (non-hydrogen) atoms. The van der Waals surface area contributed by atoms with Crippen molar-refractivity contribution in [2.24, 2.45) is 5.41 Å². The average molecular weight is 675 g/mol. The van der Waals surface area contributed by atoms with E-state index in [0.29, 0.717) is 33.3 Å². The Morgan fingerprint density at radius 2 is 1.63 bits per heavy atom. The van der Waals surface area contributed by atoms with Gasteiger partial charge in [-0.2, -0.15) is 0 Å². The minimum atomic E-state index is -2.70. The topological polar surface area (TPSA) is 74.8 Å². The molecule has 1 aromatic heterocycles. The third-order valence-electron chi connectivity index (χ3n) is 8.69. The molecule has 2 saturated heterocycles. The number of hydrogen-bond acceptors (Lipinski definition) is 6. The Labute approximate surface area is 251 Å². The molecule has 0 unspecified atom stereocenters. The van der Waals surface area contributed by atoms with Gasteiger partial charge in [0.1, 0.15) is 0 Å². The number of benzene rings is 2. The zero-order chi connectivity index (χ0) is 28.8. The number of carbonyl (C=O) groups is 2. The van der Waals surface area contributed by atoms with Gasteiger partial charge in [0.15, 0.2) is 0 Å². The zero-order valence-electron chi connectivity index (χ0n) is 23.0. The van der Waals surface area contributed by atoms with Crippen molar-refractivity contribution in [3.8, 4) is 0 Å². The van der Waals surface area contributed by atoms with Gasteiger partial charge in [0.05, 0.1) is 34.6 Å². The summed E-state index contributed by atoms with van der Waals surface area (Å²) < 4.78 is 34.2. The van der Waals surface area contributed by atoms with Crippen LogP contribution < -0.4 is 15.1 Å². The maximum atomic E-state index is 14.0. The lowest BCUT2D eigenvalue weighted by molar-refractivity contribution is -0.0220. The van der Waals surface area contributed by atoms with Crippen molar-refractivity contribution in [3.63, 3.8) is 0 Å². The van der Waals surface area contributed by atoms with Crippen molar-refractivity contribution in [1.82, 2.24) is 4.98 Å². The predicted molar refractivity (Wildman–Crippen MR) is 164 cm³/mol. The van der Waals surface area contributed by atoms with E-state index < -0.39 is 11.9 Å². The van der Waals surface area contributed by atoms with Gasteiger partial charge in [-0.25, -0.2) is 13.6 Å². The van der Waals surface area contributed by atoms with Crippen LogP contribution in [0, 0.1) is 8.99 Å². The fourth-order valence-electron chi connectivity index (χ4n) is 6.00. The maximum Gasteiger partial charge on any atom is 0.339 e. The van der Waals surface area contributed by atoms with Crippen molar-refractivity contribution in [1.29, 1.82) is 0 Å². The van der Waals surface area contributed by atoms with Gasteiger partial charge < -0.3 is 19.9 Å². The SMILES string of the molecule is CCOC(=O)c1cnc2c(N3CCC(F)(F)CC3)cc(NC(=O)c3ccc(I)cc3N3CCC4(CC3)CC4)cc2c1. The number of halogens is 3. The largest absolute Gasteiger partial charge is 0.462 e. The van der Waals surface area contributed by atoms with Crippen LogP contribution in [0.25, 0.3) is 10.9 Å². The van der Waals surface area contributed by atoms with Crippen LogP contribution in [0.5, 0.6) is 0 Å². The smallest absolute Gasteiger partial charge is 0.339 e. The van der Waals surface area contributed by atoms with Crippen molar-refractivity contribution in [3.05, 3.63) is 57.3 Å². The number of nitrogens with one attached hydrogen (secondary N) is 1. The van der Waals surface area contributed by atoms with Gasteiger partial charge in [0.2, 0.25) is 0 Å². The van der Waals surface area contributed by atoms with Crippen LogP contribution >= 0.6 is 22.6 Å². The molecule has 3 fully saturated rings. The highest BCUT2D eigenvalue weighted by molar-refractivity contribution is 14.1. The van der Waals surface area contributed by atoms with Gasteiger partial charge >= 0.3 is 5.97 Å². The van der Waals surface area contributed by atoms with E-state index in [1.165, 1.54) is 19.0 Å². The number of alkyl halides is 2. The molecule has 10 heteroatoms. The molecule has 1 saturated carbocycles. The number of pyridine rings is 1. The molecule has 3 aliphatic rings. The van der Waals surface area contributed by atoms with Crippen LogP contribution in [0.3, 0.4) is 0 Å². The molecule has 0 radical (unpaired) electrons. The molecule has 6 rings (SSSR count). The molecule has 3 heterocycles. The molecule has 216 valence electrons. The van der Waals surface area contributed by atoms with Gasteiger partial charge in [0.25, 0.3) is 11.8 Å². The number of amides is 1. The van der Waals surface area contributed by atoms with Crippen molar-refractivity contribution >= 4 is 62.4 Å². The number of ether oxygens (including phenoxy) is 1. The fourth-order valence-corrected chi connectivity index (χ4v) is 6.48. The standard InChI is InChI=1S/C31H33F2IN4O3/c1-2-41-29(40)21-15-20-16-23(18-26(27(20)35-19-21)38-13-9-31(32,33)10-14-38)36-28(39)24-4-3-22(34)17-25(24)37-11-7-30(5-6-30)8-12-37/h3-4,15-19H,2,5-14H2,1H3,(H,36,39). The van der Waals surface area contributed by atoms with Crippen LogP contribution in [0.4, 0.5) is 25.8 Å². The van der Waals surface area contributed by atoms with Gasteiger partial charge in [-0.3, -0.25) is 9.78 Å². The summed E-state index contributed by atoms with van der Waals surface area (Å²) >= 11 is 2.28. The number of hydrogen-bond donors (Lipinski definition) is 1. The Kier molecular flexibility index (Phi) is 7.54. The summed E-state index contributed by atoms with van der Waals surface area (Å²) in [5, 5.41) is 3.68. The highest BCUT2D eigenvalue weighted by atomic mass is 127. The number of rotatable bonds is 6. The van der Waals surface area contributed by atoms with Crippen LogP contribution in [0.15, 0.2) is 42.6 Å². The molecule has 1 aliphatic carbocycles. The van der Waals surface area contributed by atoms with Crippen molar-refractivity contribution < 1.29 is 23.1 Å². The van der Waals surface area contributed by atoms with E-state index in [4.69, 9.17) is 4.74 Å². The lowest BCUT2D eigenvalue weighted by Gasteiger charge is -2.35. The minimum absolute atomic E-state index is 0.165. The molecule has 1 N–H and O–H groups in total. The molecule has 0 bridgehead atoms. The Balaban J connectivity index is 1.33. The number of esters is 1. The first kappa shape index (κ1) is 28.1. The molecule has 2 aromatic carbocycles. The Morgan fingerprint density at radius 3 is 2.32 bits per heavy atom. The van der Waals surface area contributed by atoms with E-state index in [2.05, 4.69) is 43.9 Å². The zero-order valence-corrected chi connectivity index (χ0v) is 25.2. The van der Waals surface area contributed by atoms with E-state index in [0.717, 1.165) is 35.2 Å². The molecule has 3 aromatic rings.